The van der Waals surface area contributed by atoms with E-state index in [1.165, 1.54) is 30.0 Å². The van der Waals surface area contributed by atoms with E-state index in [0.717, 1.165) is 12.5 Å². The van der Waals surface area contributed by atoms with Crippen molar-refractivity contribution >= 4 is 23.4 Å². The van der Waals surface area contributed by atoms with Crippen LogP contribution in [0, 0.1) is 0 Å². The lowest BCUT2D eigenvalue weighted by Crippen LogP contribution is -2.40. The third-order valence-electron chi connectivity index (χ3n) is 4.71. The number of fused-ring (bicyclic) bond motifs is 1. The molecule has 3 rings (SSSR count). The van der Waals surface area contributed by atoms with Gasteiger partial charge in [0.1, 0.15) is 0 Å². The number of aliphatic hydroxyl groups is 1. The molecule has 1 amide bonds. The zero-order valence-electron chi connectivity index (χ0n) is 14.8. The van der Waals surface area contributed by atoms with Crippen molar-refractivity contribution in [2.75, 3.05) is 17.2 Å². The number of carbonyl (C=O) groups excluding carboxylic acids is 1. The fourth-order valence-corrected chi connectivity index (χ4v) is 4.01. The summed E-state index contributed by atoms with van der Waals surface area (Å²) in [5.74, 6) is 0.539. The molecule has 0 saturated carbocycles. The smallest absolute Gasteiger partial charge is 0.376 e. The van der Waals surface area contributed by atoms with Crippen molar-refractivity contribution < 1.29 is 23.1 Å². The second-order valence-corrected chi connectivity index (χ2v) is 7.77. The number of rotatable bonds is 4. The Morgan fingerprint density at radius 1 is 1.19 bits per heavy atom. The van der Waals surface area contributed by atoms with Gasteiger partial charge in [-0.25, -0.2) is 0 Å². The van der Waals surface area contributed by atoms with Crippen LogP contribution in [0.15, 0.2) is 53.4 Å². The molecule has 7 heteroatoms. The Kier molecular flexibility index (Phi) is 5.53. The first kappa shape index (κ1) is 19.8. The fourth-order valence-electron chi connectivity index (χ4n) is 2.98. The van der Waals surface area contributed by atoms with Gasteiger partial charge in [-0.3, -0.25) is 4.79 Å². The third-order valence-corrected chi connectivity index (χ3v) is 5.73. The van der Waals surface area contributed by atoms with Crippen molar-refractivity contribution in [3.8, 4) is 0 Å². The highest BCUT2D eigenvalue weighted by Crippen LogP contribution is 2.43. The van der Waals surface area contributed by atoms with Crippen LogP contribution in [-0.2, 0) is 16.8 Å². The van der Waals surface area contributed by atoms with Crippen molar-refractivity contribution in [3.05, 3.63) is 59.7 Å². The van der Waals surface area contributed by atoms with E-state index < -0.39 is 11.8 Å². The van der Waals surface area contributed by atoms with E-state index >= 15 is 0 Å². The van der Waals surface area contributed by atoms with Crippen molar-refractivity contribution in [2.24, 2.45) is 0 Å². The second-order valence-electron chi connectivity index (χ2n) is 6.63. The van der Waals surface area contributed by atoms with Gasteiger partial charge in [-0.1, -0.05) is 36.4 Å². The first-order valence-electron chi connectivity index (χ1n) is 8.61. The number of nitrogens with zero attached hydrogens (tertiary/aromatic N) is 1. The van der Waals surface area contributed by atoms with Gasteiger partial charge in [0, 0.05) is 23.6 Å². The van der Waals surface area contributed by atoms with Gasteiger partial charge in [0.2, 0.25) is 5.91 Å². The molecule has 1 unspecified atom stereocenters. The highest BCUT2D eigenvalue weighted by atomic mass is 32.2. The monoisotopic (exact) mass is 395 g/mol. The summed E-state index contributed by atoms with van der Waals surface area (Å²) in [6, 6.07) is 13.7. The summed E-state index contributed by atoms with van der Waals surface area (Å²) in [4.78, 5) is 14.9. The van der Waals surface area contributed by atoms with Gasteiger partial charge < -0.3 is 10.0 Å². The van der Waals surface area contributed by atoms with Crippen LogP contribution in [0.2, 0.25) is 0 Å². The number of aryl methyl sites for hydroxylation is 1. The Labute approximate surface area is 160 Å². The first-order valence-corrected chi connectivity index (χ1v) is 9.59. The number of anilines is 1. The molecule has 0 aliphatic carbocycles. The number of thioether (sulfide) groups is 1. The molecule has 3 nitrogen and oxygen atoms in total. The van der Waals surface area contributed by atoms with Gasteiger partial charge in [0.05, 0.1) is 5.69 Å². The van der Waals surface area contributed by atoms with E-state index in [0.29, 0.717) is 35.7 Å². The molecule has 1 heterocycles. The lowest BCUT2D eigenvalue weighted by Gasteiger charge is -2.32. The normalized spacial score (nSPS) is 16.6. The SMILES string of the molecule is CC(O)(c1ccc2c(c1)SCCN2C(=O)CCc1ccccc1)C(F)(F)F. The average Bonchev–Trinajstić information content (AvgIpc) is 2.65. The van der Waals surface area contributed by atoms with Crippen LogP contribution < -0.4 is 4.90 Å². The molecule has 0 aromatic heterocycles. The number of amides is 1. The number of hydrogen-bond acceptors (Lipinski definition) is 3. The van der Waals surface area contributed by atoms with E-state index in [4.69, 9.17) is 0 Å². The molecule has 1 N–H and O–H groups in total. The van der Waals surface area contributed by atoms with E-state index in [-0.39, 0.29) is 11.5 Å². The highest BCUT2D eigenvalue weighted by Gasteiger charge is 2.51. The van der Waals surface area contributed by atoms with E-state index in [1.54, 1.807) is 4.90 Å². The second kappa shape index (κ2) is 7.56. The Hall–Kier alpha value is -1.99. The molecular formula is C20H20F3NO2S. The number of hydrogen-bond donors (Lipinski definition) is 1. The van der Waals surface area contributed by atoms with Crippen LogP contribution in [0.1, 0.15) is 24.5 Å². The lowest BCUT2D eigenvalue weighted by molar-refractivity contribution is -0.258. The predicted molar refractivity (Wildman–Crippen MR) is 99.9 cm³/mol. The summed E-state index contributed by atoms with van der Waals surface area (Å²) in [7, 11) is 0. The molecule has 1 aliphatic rings. The van der Waals surface area contributed by atoms with Gasteiger partial charge >= 0.3 is 6.18 Å². The molecule has 0 radical (unpaired) electrons. The molecule has 0 fully saturated rings. The van der Waals surface area contributed by atoms with Gasteiger partial charge in [-0.05, 0) is 36.6 Å². The molecule has 2 aromatic carbocycles. The first-order chi connectivity index (χ1) is 12.7. The average molecular weight is 395 g/mol. The number of halogens is 3. The maximum absolute atomic E-state index is 13.1. The Morgan fingerprint density at radius 2 is 1.89 bits per heavy atom. The van der Waals surface area contributed by atoms with Crippen LogP contribution in [0.3, 0.4) is 0 Å². The number of alkyl halides is 3. The summed E-state index contributed by atoms with van der Waals surface area (Å²) in [6.07, 6.45) is -3.83. The van der Waals surface area contributed by atoms with E-state index in [2.05, 4.69) is 0 Å². The predicted octanol–water partition coefficient (Wildman–Crippen LogP) is 4.53. The van der Waals surface area contributed by atoms with Crippen LogP contribution in [0.4, 0.5) is 18.9 Å². The minimum Gasteiger partial charge on any atom is -0.376 e. The topological polar surface area (TPSA) is 40.5 Å². The zero-order chi connectivity index (χ0) is 19.7. The molecule has 144 valence electrons. The minimum atomic E-state index is -4.77. The van der Waals surface area contributed by atoms with Gasteiger partial charge in [0.15, 0.2) is 5.60 Å². The Bertz CT molecular complexity index is 822. The molecular weight excluding hydrogens is 375 g/mol. The summed E-state index contributed by atoms with van der Waals surface area (Å²) < 4.78 is 39.3. The van der Waals surface area contributed by atoms with Crippen molar-refractivity contribution in [2.45, 2.75) is 36.4 Å². The van der Waals surface area contributed by atoms with Gasteiger partial charge in [0.25, 0.3) is 0 Å². The van der Waals surface area contributed by atoms with E-state index in [1.807, 2.05) is 30.3 Å². The summed E-state index contributed by atoms with van der Waals surface area (Å²) in [6.45, 7) is 1.26. The lowest BCUT2D eigenvalue weighted by atomic mass is 9.95. The molecule has 27 heavy (non-hydrogen) atoms. The Balaban J connectivity index is 1.79. The quantitative estimate of drug-likeness (QED) is 0.827. The minimum absolute atomic E-state index is 0.0595. The summed E-state index contributed by atoms with van der Waals surface area (Å²) >= 11 is 1.39. The number of carbonyl (C=O) groups is 1. The highest BCUT2D eigenvalue weighted by molar-refractivity contribution is 7.99. The molecule has 2 aromatic rings. The molecule has 1 aliphatic heterocycles. The molecule has 0 spiro atoms. The zero-order valence-corrected chi connectivity index (χ0v) is 15.6. The summed E-state index contributed by atoms with van der Waals surface area (Å²) in [5.41, 5.74) is -1.48. The van der Waals surface area contributed by atoms with Crippen molar-refractivity contribution in [3.63, 3.8) is 0 Å². The van der Waals surface area contributed by atoms with Crippen LogP contribution >= 0.6 is 11.8 Å². The van der Waals surface area contributed by atoms with Gasteiger partial charge in [-0.2, -0.15) is 13.2 Å². The molecule has 0 saturated heterocycles. The third kappa shape index (κ3) is 4.14. The maximum atomic E-state index is 13.1. The van der Waals surface area contributed by atoms with Crippen LogP contribution in [0.5, 0.6) is 0 Å². The van der Waals surface area contributed by atoms with Crippen molar-refractivity contribution in [1.82, 2.24) is 0 Å². The Morgan fingerprint density at radius 3 is 2.56 bits per heavy atom. The maximum Gasteiger partial charge on any atom is 0.421 e. The van der Waals surface area contributed by atoms with Crippen LogP contribution in [0.25, 0.3) is 0 Å². The summed E-state index contributed by atoms with van der Waals surface area (Å²) in [5, 5.41) is 9.89. The number of benzene rings is 2. The standard InChI is InChI=1S/C20H20F3NO2S/c1-19(26,20(21,22)23)15-8-9-16-17(13-15)27-12-11-24(16)18(25)10-7-14-5-3-2-4-6-14/h2-6,8-9,13,26H,7,10-12H2,1H3. The van der Waals surface area contributed by atoms with E-state index in [9.17, 15) is 23.1 Å². The molecule has 1 atom stereocenters. The largest absolute Gasteiger partial charge is 0.421 e. The van der Waals surface area contributed by atoms with Gasteiger partial charge in [-0.15, -0.1) is 11.8 Å². The fraction of sp³-hybridized carbons (Fsp3) is 0.350. The van der Waals surface area contributed by atoms with Crippen LogP contribution in [-0.4, -0.2) is 29.5 Å². The van der Waals surface area contributed by atoms with Crippen molar-refractivity contribution in [1.29, 1.82) is 0 Å². The molecule has 0 bridgehead atoms.